The standard InChI is InChI=1S/C17H24N2O2/c1-5-7-13(2)19(3)17(20)15-9-10-16(21-4)14(12-15)8-6-11-18/h9-10,12-13H,5,7,11,18H2,1-4H3. The van der Waals surface area contributed by atoms with Crippen LogP contribution in [-0.4, -0.2) is 37.6 Å². The van der Waals surface area contributed by atoms with Gasteiger partial charge in [0, 0.05) is 18.7 Å². The SMILES string of the molecule is CCCC(C)N(C)C(=O)c1ccc(OC)c(C#CCN)c1. The summed E-state index contributed by atoms with van der Waals surface area (Å²) in [4.78, 5) is 14.3. The fraction of sp³-hybridized carbons (Fsp3) is 0.471. The second kappa shape index (κ2) is 8.33. The van der Waals surface area contributed by atoms with E-state index in [4.69, 9.17) is 10.5 Å². The van der Waals surface area contributed by atoms with E-state index in [2.05, 4.69) is 25.7 Å². The van der Waals surface area contributed by atoms with E-state index in [1.807, 2.05) is 7.05 Å². The van der Waals surface area contributed by atoms with Gasteiger partial charge in [0.25, 0.3) is 5.91 Å². The molecule has 0 bridgehead atoms. The molecular weight excluding hydrogens is 264 g/mol. The van der Waals surface area contributed by atoms with Crippen LogP contribution in [0.15, 0.2) is 18.2 Å². The number of methoxy groups -OCH3 is 1. The van der Waals surface area contributed by atoms with Crippen LogP contribution in [-0.2, 0) is 0 Å². The first kappa shape index (κ1) is 17.1. The topological polar surface area (TPSA) is 55.6 Å². The second-order valence-corrected chi connectivity index (χ2v) is 4.97. The lowest BCUT2D eigenvalue weighted by molar-refractivity contribution is 0.0736. The molecule has 21 heavy (non-hydrogen) atoms. The smallest absolute Gasteiger partial charge is 0.253 e. The van der Waals surface area contributed by atoms with Crippen molar-refractivity contribution in [2.24, 2.45) is 5.73 Å². The van der Waals surface area contributed by atoms with Gasteiger partial charge >= 0.3 is 0 Å². The highest BCUT2D eigenvalue weighted by Crippen LogP contribution is 2.20. The molecule has 0 saturated heterocycles. The molecule has 0 aliphatic heterocycles. The Hall–Kier alpha value is -1.99. The molecule has 0 heterocycles. The number of ether oxygens (including phenoxy) is 1. The lowest BCUT2D eigenvalue weighted by Gasteiger charge is -2.25. The van der Waals surface area contributed by atoms with E-state index in [1.165, 1.54) is 0 Å². The van der Waals surface area contributed by atoms with Gasteiger partial charge in [0.2, 0.25) is 0 Å². The van der Waals surface area contributed by atoms with Crippen LogP contribution in [0.25, 0.3) is 0 Å². The molecule has 0 aliphatic rings. The highest BCUT2D eigenvalue weighted by Gasteiger charge is 2.17. The zero-order chi connectivity index (χ0) is 15.8. The minimum atomic E-state index is -0.00518. The molecule has 0 saturated carbocycles. The van der Waals surface area contributed by atoms with E-state index < -0.39 is 0 Å². The van der Waals surface area contributed by atoms with Crippen LogP contribution in [0.4, 0.5) is 0 Å². The first-order valence-electron chi connectivity index (χ1n) is 7.19. The highest BCUT2D eigenvalue weighted by molar-refractivity contribution is 5.94. The van der Waals surface area contributed by atoms with Crippen LogP contribution in [0.5, 0.6) is 5.75 Å². The summed E-state index contributed by atoms with van der Waals surface area (Å²) in [6, 6.07) is 5.51. The van der Waals surface area contributed by atoms with Crippen molar-refractivity contribution in [2.75, 3.05) is 20.7 Å². The fourth-order valence-electron chi connectivity index (χ4n) is 2.10. The summed E-state index contributed by atoms with van der Waals surface area (Å²) in [5.41, 5.74) is 6.70. The largest absolute Gasteiger partial charge is 0.495 e. The van der Waals surface area contributed by atoms with Gasteiger partial charge in [-0.1, -0.05) is 25.2 Å². The lowest BCUT2D eigenvalue weighted by atomic mass is 10.1. The molecule has 4 nitrogen and oxygen atoms in total. The molecule has 1 atom stereocenters. The average molecular weight is 288 g/mol. The zero-order valence-electron chi connectivity index (χ0n) is 13.3. The Morgan fingerprint density at radius 2 is 2.19 bits per heavy atom. The molecular formula is C17H24N2O2. The Morgan fingerprint density at radius 1 is 1.48 bits per heavy atom. The third kappa shape index (κ3) is 4.51. The normalized spacial score (nSPS) is 11.3. The Labute approximate surface area is 127 Å². The van der Waals surface area contributed by atoms with Crippen LogP contribution in [0, 0.1) is 11.8 Å². The molecule has 114 valence electrons. The van der Waals surface area contributed by atoms with Crippen molar-refractivity contribution in [1.29, 1.82) is 0 Å². The van der Waals surface area contributed by atoms with Gasteiger partial charge in [0.05, 0.1) is 19.2 Å². The minimum absolute atomic E-state index is 0.00518. The van der Waals surface area contributed by atoms with Gasteiger partial charge in [0.1, 0.15) is 5.75 Å². The van der Waals surface area contributed by atoms with E-state index in [-0.39, 0.29) is 18.5 Å². The third-order valence-corrected chi connectivity index (χ3v) is 3.46. The molecule has 1 unspecified atom stereocenters. The number of hydrogen-bond acceptors (Lipinski definition) is 3. The maximum atomic E-state index is 12.5. The number of carbonyl (C=O) groups excluding carboxylic acids is 1. The van der Waals surface area contributed by atoms with Gasteiger partial charge < -0.3 is 15.4 Å². The van der Waals surface area contributed by atoms with E-state index in [0.717, 1.165) is 12.8 Å². The van der Waals surface area contributed by atoms with Crippen molar-refractivity contribution >= 4 is 5.91 Å². The molecule has 1 aromatic rings. The van der Waals surface area contributed by atoms with Crippen molar-refractivity contribution in [1.82, 2.24) is 4.90 Å². The number of rotatable bonds is 5. The molecule has 1 aromatic carbocycles. The van der Waals surface area contributed by atoms with Crippen molar-refractivity contribution in [3.8, 4) is 17.6 Å². The summed E-state index contributed by atoms with van der Waals surface area (Å²) >= 11 is 0. The molecule has 0 radical (unpaired) electrons. The van der Waals surface area contributed by atoms with Crippen molar-refractivity contribution < 1.29 is 9.53 Å². The van der Waals surface area contributed by atoms with Crippen LogP contribution in [0.3, 0.4) is 0 Å². The summed E-state index contributed by atoms with van der Waals surface area (Å²) < 4.78 is 5.26. The van der Waals surface area contributed by atoms with Crippen molar-refractivity contribution in [2.45, 2.75) is 32.7 Å². The quantitative estimate of drug-likeness (QED) is 0.846. The molecule has 4 heteroatoms. The van der Waals surface area contributed by atoms with Gasteiger partial charge in [-0.05, 0) is 31.5 Å². The second-order valence-electron chi connectivity index (χ2n) is 4.97. The Morgan fingerprint density at radius 3 is 2.76 bits per heavy atom. The van der Waals surface area contributed by atoms with Gasteiger partial charge in [-0.3, -0.25) is 4.79 Å². The van der Waals surface area contributed by atoms with E-state index in [1.54, 1.807) is 30.2 Å². The molecule has 0 aliphatic carbocycles. The zero-order valence-corrected chi connectivity index (χ0v) is 13.3. The predicted molar refractivity (Wildman–Crippen MR) is 85.4 cm³/mol. The highest BCUT2D eigenvalue weighted by atomic mass is 16.5. The number of benzene rings is 1. The average Bonchev–Trinajstić information content (AvgIpc) is 2.51. The summed E-state index contributed by atoms with van der Waals surface area (Å²) in [6.45, 7) is 4.44. The van der Waals surface area contributed by atoms with Crippen molar-refractivity contribution in [3.05, 3.63) is 29.3 Å². The van der Waals surface area contributed by atoms with Crippen LogP contribution in [0.1, 0.15) is 42.6 Å². The van der Waals surface area contributed by atoms with E-state index >= 15 is 0 Å². The molecule has 1 rings (SSSR count). The van der Waals surface area contributed by atoms with Gasteiger partial charge in [-0.15, -0.1) is 0 Å². The van der Waals surface area contributed by atoms with E-state index in [0.29, 0.717) is 16.9 Å². The Kier molecular flexibility index (Phi) is 6.77. The third-order valence-electron chi connectivity index (χ3n) is 3.46. The van der Waals surface area contributed by atoms with Gasteiger partial charge in [0.15, 0.2) is 0 Å². The summed E-state index contributed by atoms with van der Waals surface area (Å²) in [5, 5.41) is 0. The van der Waals surface area contributed by atoms with Crippen molar-refractivity contribution in [3.63, 3.8) is 0 Å². The maximum absolute atomic E-state index is 12.5. The monoisotopic (exact) mass is 288 g/mol. The van der Waals surface area contributed by atoms with E-state index in [9.17, 15) is 4.79 Å². The number of nitrogens with two attached hydrogens (primary N) is 1. The van der Waals surface area contributed by atoms with Crippen LogP contribution in [0.2, 0.25) is 0 Å². The number of amides is 1. The molecule has 0 aromatic heterocycles. The number of carbonyl (C=O) groups is 1. The number of hydrogen-bond donors (Lipinski definition) is 1. The molecule has 2 N–H and O–H groups in total. The molecule has 0 fully saturated rings. The molecule has 1 amide bonds. The molecule has 0 spiro atoms. The Balaban J connectivity index is 3.05. The Bertz CT molecular complexity index is 543. The van der Waals surface area contributed by atoms with Crippen LogP contribution >= 0.6 is 0 Å². The van der Waals surface area contributed by atoms with Crippen LogP contribution < -0.4 is 10.5 Å². The number of nitrogens with zero attached hydrogens (tertiary/aromatic N) is 1. The maximum Gasteiger partial charge on any atom is 0.253 e. The summed E-state index contributed by atoms with van der Waals surface area (Å²) in [6.07, 6.45) is 2.03. The first-order chi connectivity index (χ1) is 10.0. The summed E-state index contributed by atoms with van der Waals surface area (Å²) in [5.74, 6) is 6.38. The first-order valence-corrected chi connectivity index (χ1v) is 7.19. The minimum Gasteiger partial charge on any atom is -0.495 e. The fourth-order valence-corrected chi connectivity index (χ4v) is 2.10. The van der Waals surface area contributed by atoms with Gasteiger partial charge in [-0.25, -0.2) is 0 Å². The predicted octanol–water partition coefficient (Wildman–Crippen LogP) is 2.27. The van der Waals surface area contributed by atoms with Gasteiger partial charge in [-0.2, -0.15) is 0 Å². The lowest BCUT2D eigenvalue weighted by Crippen LogP contribution is -2.35. The summed E-state index contributed by atoms with van der Waals surface area (Å²) in [7, 11) is 3.41.